The van der Waals surface area contributed by atoms with Crippen molar-refractivity contribution in [1.82, 2.24) is 15.1 Å². The number of hydrogen-bond acceptors (Lipinski definition) is 5. The minimum absolute atomic E-state index is 0.303. The molecule has 0 bridgehead atoms. The van der Waals surface area contributed by atoms with Crippen molar-refractivity contribution in [3.8, 4) is 10.6 Å². The van der Waals surface area contributed by atoms with Gasteiger partial charge in [-0.25, -0.2) is 9.18 Å². The number of halogens is 3. The third kappa shape index (κ3) is 4.95. The smallest absolute Gasteiger partial charge is 0.312 e. The number of amides is 3. The molecule has 31 heavy (non-hydrogen) atoms. The fourth-order valence-corrected chi connectivity index (χ4v) is 4.44. The molecular weight excluding hydrogens is 464 g/mol. The van der Waals surface area contributed by atoms with E-state index >= 15 is 0 Å². The highest BCUT2D eigenvalue weighted by Crippen LogP contribution is 2.29. The molecule has 0 radical (unpaired) electrons. The van der Waals surface area contributed by atoms with Crippen LogP contribution >= 0.6 is 34.5 Å². The van der Waals surface area contributed by atoms with Crippen LogP contribution in [0.3, 0.4) is 0 Å². The van der Waals surface area contributed by atoms with E-state index < -0.39 is 12.1 Å². The maximum absolute atomic E-state index is 13.1. The van der Waals surface area contributed by atoms with Crippen LogP contribution in [0.15, 0.2) is 42.5 Å². The molecule has 0 aliphatic carbocycles. The van der Waals surface area contributed by atoms with Crippen LogP contribution in [0.1, 0.15) is 12.8 Å². The quantitative estimate of drug-likeness (QED) is 0.532. The Morgan fingerprint density at radius 1 is 1.10 bits per heavy atom. The first kappa shape index (κ1) is 21.5. The Bertz CT molecular complexity index is 1130. The summed E-state index contributed by atoms with van der Waals surface area (Å²) in [7, 11) is 0. The SMILES string of the molecule is O=C(Nc1nnc(-c2ccc(F)cc2)s1)C1CCCN1C(=O)Nc1ccc(Cl)cc1Cl. The second-order valence-corrected chi connectivity index (χ2v) is 8.64. The maximum atomic E-state index is 13.1. The van der Waals surface area contributed by atoms with Gasteiger partial charge in [0, 0.05) is 17.1 Å². The number of hydrogen-bond donors (Lipinski definition) is 2. The summed E-state index contributed by atoms with van der Waals surface area (Å²) in [5, 5.41) is 15.1. The molecule has 1 saturated heterocycles. The molecule has 11 heteroatoms. The number of nitrogens with one attached hydrogen (secondary N) is 2. The number of nitrogens with zero attached hydrogens (tertiary/aromatic N) is 3. The first-order valence-electron chi connectivity index (χ1n) is 9.34. The van der Waals surface area contributed by atoms with E-state index in [1.165, 1.54) is 34.4 Å². The van der Waals surface area contributed by atoms with Gasteiger partial charge in [-0.1, -0.05) is 34.5 Å². The Hall–Kier alpha value is -2.75. The molecule has 4 rings (SSSR count). The summed E-state index contributed by atoms with van der Waals surface area (Å²) in [6.07, 6.45) is 1.22. The van der Waals surface area contributed by atoms with Gasteiger partial charge in [0.2, 0.25) is 11.0 Å². The largest absolute Gasteiger partial charge is 0.322 e. The zero-order valence-corrected chi connectivity index (χ0v) is 18.3. The predicted molar refractivity (Wildman–Crippen MR) is 119 cm³/mol. The Balaban J connectivity index is 1.42. The van der Waals surface area contributed by atoms with Gasteiger partial charge in [-0.15, -0.1) is 10.2 Å². The minimum Gasteiger partial charge on any atom is -0.312 e. The second-order valence-electron chi connectivity index (χ2n) is 6.81. The number of carbonyl (C=O) groups excluding carboxylic acids is 2. The van der Waals surface area contributed by atoms with Crippen molar-refractivity contribution >= 4 is 57.3 Å². The van der Waals surface area contributed by atoms with Crippen LogP contribution in [0.4, 0.5) is 20.0 Å². The number of rotatable bonds is 4. The van der Waals surface area contributed by atoms with Gasteiger partial charge >= 0.3 is 6.03 Å². The molecule has 7 nitrogen and oxygen atoms in total. The highest BCUT2D eigenvalue weighted by atomic mass is 35.5. The predicted octanol–water partition coefficient (Wildman–Crippen LogP) is 5.29. The van der Waals surface area contributed by atoms with Gasteiger partial charge in [-0.2, -0.15) is 0 Å². The molecule has 3 amide bonds. The zero-order valence-electron chi connectivity index (χ0n) is 15.9. The summed E-state index contributed by atoms with van der Waals surface area (Å²) in [5.74, 6) is -0.696. The van der Waals surface area contributed by atoms with Gasteiger partial charge in [0.1, 0.15) is 16.9 Å². The van der Waals surface area contributed by atoms with Gasteiger partial charge in [0.05, 0.1) is 10.7 Å². The second kappa shape index (κ2) is 9.17. The van der Waals surface area contributed by atoms with Crippen molar-refractivity contribution < 1.29 is 14.0 Å². The van der Waals surface area contributed by atoms with Crippen molar-refractivity contribution in [1.29, 1.82) is 0 Å². The number of aromatic nitrogens is 2. The average Bonchev–Trinajstić information content (AvgIpc) is 3.40. The van der Waals surface area contributed by atoms with E-state index in [-0.39, 0.29) is 11.7 Å². The molecule has 1 aliphatic heterocycles. The van der Waals surface area contributed by atoms with E-state index in [2.05, 4.69) is 20.8 Å². The Kier molecular flexibility index (Phi) is 6.35. The molecule has 0 saturated carbocycles. The van der Waals surface area contributed by atoms with Crippen LogP contribution in [0.25, 0.3) is 10.6 Å². The molecule has 0 spiro atoms. The molecule has 3 aromatic rings. The Morgan fingerprint density at radius 2 is 1.87 bits per heavy atom. The molecular formula is C20H16Cl2FN5O2S. The van der Waals surface area contributed by atoms with Crippen LogP contribution in [-0.2, 0) is 4.79 Å². The van der Waals surface area contributed by atoms with E-state index in [9.17, 15) is 14.0 Å². The van der Waals surface area contributed by atoms with E-state index in [1.54, 1.807) is 24.3 Å². The highest BCUT2D eigenvalue weighted by molar-refractivity contribution is 7.18. The van der Waals surface area contributed by atoms with Gasteiger partial charge in [-0.3, -0.25) is 10.1 Å². The Morgan fingerprint density at radius 3 is 2.61 bits per heavy atom. The van der Waals surface area contributed by atoms with Crippen molar-refractivity contribution in [2.45, 2.75) is 18.9 Å². The fraction of sp³-hybridized carbons (Fsp3) is 0.200. The maximum Gasteiger partial charge on any atom is 0.322 e. The lowest BCUT2D eigenvalue weighted by molar-refractivity contribution is -0.119. The molecule has 160 valence electrons. The molecule has 2 aromatic carbocycles. The van der Waals surface area contributed by atoms with E-state index in [0.29, 0.717) is 50.8 Å². The van der Waals surface area contributed by atoms with Crippen molar-refractivity contribution in [2.24, 2.45) is 0 Å². The molecule has 1 unspecified atom stereocenters. The third-order valence-corrected chi connectivity index (χ3v) is 6.17. The first-order chi connectivity index (χ1) is 14.9. The standard InChI is InChI=1S/C20H16Cl2FN5O2S/c21-12-5-8-15(14(22)10-12)24-20(30)28-9-1-2-16(28)17(29)25-19-27-26-18(31-19)11-3-6-13(23)7-4-11/h3-8,10,16H,1-2,9H2,(H,24,30)(H,25,27,29). The van der Waals surface area contributed by atoms with Crippen molar-refractivity contribution in [2.75, 3.05) is 17.2 Å². The molecule has 2 heterocycles. The van der Waals surface area contributed by atoms with Crippen LogP contribution in [0.5, 0.6) is 0 Å². The van der Waals surface area contributed by atoms with Gasteiger partial charge in [0.15, 0.2) is 0 Å². The van der Waals surface area contributed by atoms with Crippen molar-refractivity contribution in [3.05, 3.63) is 58.3 Å². The molecule has 1 atom stereocenters. The fourth-order valence-electron chi connectivity index (χ4n) is 3.23. The van der Waals surface area contributed by atoms with Gasteiger partial charge in [-0.05, 0) is 55.3 Å². The molecule has 1 aromatic heterocycles. The number of urea groups is 1. The summed E-state index contributed by atoms with van der Waals surface area (Å²) < 4.78 is 13.1. The monoisotopic (exact) mass is 479 g/mol. The van der Waals surface area contributed by atoms with Crippen LogP contribution in [-0.4, -0.2) is 39.6 Å². The van der Waals surface area contributed by atoms with Gasteiger partial charge in [0.25, 0.3) is 0 Å². The number of anilines is 2. The number of carbonyl (C=O) groups is 2. The normalized spacial score (nSPS) is 15.7. The number of benzene rings is 2. The van der Waals surface area contributed by atoms with Crippen LogP contribution in [0.2, 0.25) is 10.0 Å². The topological polar surface area (TPSA) is 87.2 Å². The molecule has 1 fully saturated rings. The van der Waals surface area contributed by atoms with Crippen LogP contribution < -0.4 is 10.6 Å². The van der Waals surface area contributed by atoms with E-state index in [0.717, 1.165) is 0 Å². The number of likely N-dealkylation sites (tertiary alicyclic amines) is 1. The lowest BCUT2D eigenvalue weighted by Crippen LogP contribution is -2.45. The third-order valence-electron chi connectivity index (χ3n) is 4.74. The van der Waals surface area contributed by atoms with Crippen LogP contribution in [0, 0.1) is 5.82 Å². The van der Waals surface area contributed by atoms with Gasteiger partial charge < -0.3 is 10.2 Å². The summed E-state index contributed by atoms with van der Waals surface area (Å²) >= 11 is 13.2. The summed E-state index contributed by atoms with van der Waals surface area (Å²) in [6.45, 7) is 0.437. The summed E-state index contributed by atoms with van der Waals surface area (Å²) in [5.41, 5.74) is 1.11. The summed E-state index contributed by atoms with van der Waals surface area (Å²) in [6, 6.07) is 9.51. The summed E-state index contributed by atoms with van der Waals surface area (Å²) in [4.78, 5) is 27.0. The minimum atomic E-state index is -0.649. The van der Waals surface area contributed by atoms with E-state index in [4.69, 9.17) is 23.2 Å². The first-order valence-corrected chi connectivity index (χ1v) is 10.9. The zero-order chi connectivity index (χ0) is 22.0. The highest BCUT2D eigenvalue weighted by Gasteiger charge is 2.34. The van der Waals surface area contributed by atoms with E-state index in [1.807, 2.05) is 0 Å². The average molecular weight is 480 g/mol. The lowest BCUT2D eigenvalue weighted by Gasteiger charge is -2.24. The molecule has 2 N–H and O–H groups in total. The van der Waals surface area contributed by atoms with Crippen molar-refractivity contribution in [3.63, 3.8) is 0 Å². The lowest BCUT2D eigenvalue weighted by atomic mass is 10.2. The molecule has 1 aliphatic rings. The Labute approximate surface area is 191 Å².